The van der Waals surface area contributed by atoms with Gasteiger partial charge in [-0.05, 0) is 35.4 Å². The number of sulfonamides is 1. The molecule has 1 atom stereocenters. The predicted octanol–water partition coefficient (Wildman–Crippen LogP) is 4.09. The van der Waals surface area contributed by atoms with E-state index in [0.717, 1.165) is 17.7 Å². The van der Waals surface area contributed by atoms with Gasteiger partial charge in [0.25, 0.3) is 0 Å². The minimum absolute atomic E-state index is 0.214. The third-order valence-corrected chi connectivity index (χ3v) is 7.95. The summed E-state index contributed by atoms with van der Waals surface area (Å²) in [5, 5.41) is 0. The largest absolute Gasteiger partial charge is 0.497 e. The molecule has 1 aliphatic heterocycles. The van der Waals surface area contributed by atoms with Crippen LogP contribution in [0.3, 0.4) is 0 Å². The van der Waals surface area contributed by atoms with Crippen molar-refractivity contribution < 1.29 is 26.7 Å². The highest BCUT2D eigenvalue weighted by Gasteiger charge is 2.29. The average molecular weight is 503 g/mol. The number of hydrogen-bond acceptors (Lipinski definition) is 5. The highest BCUT2D eigenvalue weighted by Crippen LogP contribution is 2.27. The van der Waals surface area contributed by atoms with E-state index in [1.165, 1.54) is 23.5 Å². The van der Waals surface area contributed by atoms with Gasteiger partial charge in [0, 0.05) is 38.8 Å². The van der Waals surface area contributed by atoms with Gasteiger partial charge in [0.1, 0.15) is 11.9 Å². The van der Waals surface area contributed by atoms with Crippen LogP contribution in [0.1, 0.15) is 17.2 Å². The van der Waals surface area contributed by atoms with Gasteiger partial charge in [0.05, 0.1) is 18.6 Å². The van der Waals surface area contributed by atoms with Crippen molar-refractivity contribution in [1.29, 1.82) is 0 Å². The quantitative estimate of drug-likeness (QED) is 0.441. The molecule has 3 aromatic carbocycles. The Morgan fingerprint density at radius 3 is 2.29 bits per heavy atom. The summed E-state index contributed by atoms with van der Waals surface area (Å²) >= 11 is 0. The van der Waals surface area contributed by atoms with Crippen molar-refractivity contribution in [3.8, 4) is 5.75 Å². The lowest BCUT2D eigenvalue weighted by Crippen LogP contribution is -2.49. The summed E-state index contributed by atoms with van der Waals surface area (Å²) in [7, 11) is -2.10. The van der Waals surface area contributed by atoms with Crippen molar-refractivity contribution in [3.05, 3.63) is 95.6 Å². The topological polar surface area (TPSA) is 59.1 Å². The standard InChI is InChI=1S/C26H28F2N2O4S/c1-33-22-8-5-9-23(19-22)35(31,32)30-14-12-29(13-15-30)16-17-34-26(20-6-3-2-4-7-20)21-10-11-24(27)25(28)18-21/h2-11,18-19,26H,12-17H2,1H3. The fraction of sp³-hybridized carbons (Fsp3) is 0.308. The maximum absolute atomic E-state index is 13.9. The van der Waals surface area contributed by atoms with Crippen LogP contribution in [0.5, 0.6) is 5.75 Å². The summed E-state index contributed by atoms with van der Waals surface area (Å²) in [6, 6.07) is 19.6. The molecule has 35 heavy (non-hydrogen) atoms. The van der Waals surface area contributed by atoms with Crippen LogP contribution in [0.25, 0.3) is 0 Å². The molecule has 1 fully saturated rings. The molecule has 4 rings (SSSR count). The van der Waals surface area contributed by atoms with Crippen molar-refractivity contribution in [2.24, 2.45) is 0 Å². The van der Waals surface area contributed by atoms with E-state index in [2.05, 4.69) is 4.90 Å². The molecule has 0 spiro atoms. The van der Waals surface area contributed by atoms with Crippen molar-refractivity contribution in [2.45, 2.75) is 11.0 Å². The van der Waals surface area contributed by atoms with Crippen molar-refractivity contribution in [3.63, 3.8) is 0 Å². The lowest BCUT2D eigenvalue weighted by molar-refractivity contribution is 0.0525. The Bertz CT molecular complexity index is 1230. The molecule has 0 aromatic heterocycles. The Morgan fingerprint density at radius 1 is 0.857 bits per heavy atom. The van der Waals surface area contributed by atoms with Gasteiger partial charge in [-0.3, -0.25) is 4.90 Å². The van der Waals surface area contributed by atoms with Crippen LogP contribution in [0.2, 0.25) is 0 Å². The zero-order valence-corrected chi connectivity index (χ0v) is 20.3. The van der Waals surface area contributed by atoms with Crippen LogP contribution < -0.4 is 4.74 Å². The van der Waals surface area contributed by atoms with E-state index < -0.39 is 27.8 Å². The first kappa shape index (κ1) is 25.2. The van der Waals surface area contributed by atoms with Crippen LogP contribution in [-0.2, 0) is 14.8 Å². The smallest absolute Gasteiger partial charge is 0.243 e. The minimum atomic E-state index is -3.60. The molecule has 0 saturated carbocycles. The van der Waals surface area contributed by atoms with Crippen molar-refractivity contribution in [1.82, 2.24) is 9.21 Å². The number of methoxy groups -OCH3 is 1. The highest BCUT2D eigenvalue weighted by molar-refractivity contribution is 7.89. The maximum atomic E-state index is 13.9. The van der Waals surface area contributed by atoms with E-state index in [1.54, 1.807) is 18.2 Å². The third-order valence-electron chi connectivity index (χ3n) is 6.05. The van der Waals surface area contributed by atoms with E-state index in [-0.39, 0.29) is 4.90 Å². The second-order valence-electron chi connectivity index (χ2n) is 8.26. The first-order valence-corrected chi connectivity index (χ1v) is 12.8. The van der Waals surface area contributed by atoms with E-state index in [1.807, 2.05) is 30.3 Å². The molecule has 1 unspecified atom stereocenters. The molecule has 1 heterocycles. The fourth-order valence-electron chi connectivity index (χ4n) is 4.09. The van der Waals surface area contributed by atoms with Crippen LogP contribution in [-0.4, -0.2) is 64.1 Å². The van der Waals surface area contributed by atoms with E-state index in [9.17, 15) is 17.2 Å². The summed E-state index contributed by atoms with van der Waals surface area (Å²) in [6.45, 7) is 2.79. The Hall–Kier alpha value is -2.85. The summed E-state index contributed by atoms with van der Waals surface area (Å²) < 4.78 is 66.1. The monoisotopic (exact) mass is 502 g/mol. The molecule has 0 radical (unpaired) electrons. The summed E-state index contributed by atoms with van der Waals surface area (Å²) in [4.78, 5) is 2.34. The molecular weight excluding hydrogens is 474 g/mol. The van der Waals surface area contributed by atoms with Crippen LogP contribution in [0, 0.1) is 11.6 Å². The summed E-state index contributed by atoms with van der Waals surface area (Å²) in [5.74, 6) is -1.32. The minimum Gasteiger partial charge on any atom is -0.497 e. The lowest BCUT2D eigenvalue weighted by atomic mass is 10.0. The Labute approximate surface area is 204 Å². The average Bonchev–Trinajstić information content (AvgIpc) is 2.89. The summed E-state index contributed by atoms with van der Waals surface area (Å²) in [6.07, 6.45) is -0.541. The molecule has 1 saturated heterocycles. The molecule has 0 amide bonds. The van der Waals surface area contributed by atoms with Crippen LogP contribution in [0.15, 0.2) is 77.7 Å². The van der Waals surface area contributed by atoms with Gasteiger partial charge in [-0.25, -0.2) is 17.2 Å². The van der Waals surface area contributed by atoms with Gasteiger partial charge < -0.3 is 9.47 Å². The van der Waals surface area contributed by atoms with E-state index in [4.69, 9.17) is 9.47 Å². The first-order valence-electron chi connectivity index (χ1n) is 11.4. The molecule has 3 aromatic rings. The third kappa shape index (κ3) is 6.05. The SMILES string of the molecule is COc1cccc(S(=O)(=O)N2CCN(CCOC(c3ccccc3)c3ccc(F)c(F)c3)CC2)c1. The highest BCUT2D eigenvalue weighted by atomic mass is 32.2. The molecule has 0 aliphatic carbocycles. The number of nitrogens with zero attached hydrogens (tertiary/aromatic N) is 2. The number of halogens is 2. The number of rotatable bonds is 9. The molecule has 1 aliphatic rings. The van der Waals surface area contributed by atoms with Crippen molar-refractivity contribution in [2.75, 3.05) is 46.4 Å². The molecule has 186 valence electrons. The maximum Gasteiger partial charge on any atom is 0.243 e. The van der Waals surface area contributed by atoms with Gasteiger partial charge in [-0.15, -0.1) is 0 Å². The van der Waals surface area contributed by atoms with E-state index >= 15 is 0 Å². The molecule has 0 bridgehead atoms. The number of piperazine rings is 1. The molecule has 0 N–H and O–H groups in total. The predicted molar refractivity (Wildman–Crippen MR) is 129 cm³/mol. The van der Waals surface area contributed by atoms with Crippen molar-refractivity contribution >= 4 is 10.0 Å². The summed E-state index contributed by atoms with van der Waals surface area (Å²) in [5.41, 5.74) is 1.37. The van der Waals surface area contributed by atoms with Crippen LogP contribution >= 0.6 is 0 Å². The lowest BCUT2D eigenvalue weighted by Gasteiger charge is -2.34. The normalized spacial score (nSPS) is 16.2. The Morgan fingerprint density at radius 2 is 1.60 bits per heavy atom. The number of hydrogen-bond donors (Lipinski definition) is 0. The zero-order valence-electron chi connectivity index (χ0n) is 19.4. The molecule has 9 heteroatoms. The van der Waals surface area contributed by atoms with Gasteiger partial charge in [0.15, 0.2) is 11.6 Å². The molecule has 6 nitrogen and oxygen atoms in total. The Balaban J connectivity index is 1.35. The molecular formula is C26H28F2N2O4S. The van der Waals surface area contributed by atoms with Crippen LogP contribution in [0.4, 0.5) is 8.78 Å². The van der Waals surface area contributed by atoms with Gasteiger partial charge in [0.2, 0.25) is 10.0 Å². The van der Waals surface area contributed by atoms with E-state index in [0.29, 0.717) is 50.6 Å². The second-order valence-corrected chi connectivity index (χ2v) is 10.2. The van der Waals surface area contributed by atoms with Gasteiger partial charge in [-0.1, -0.05) is 42.5 Å². The number of benzene rings is 3. The zero-order chi connectivity index (χ0) is 24.8. The van der Waals surface area contributed by atoms with Gasteiger partial charge in [-0.2, -0.15) is 4.31 Å². The number of ether oxygens (including phenoxy) is 2. The fourth-order valence-corrected chi connectivity index (χ4v) is 5.55. The van der Waals surface area contributed by atoms with Gasteiger partial charge >= 0.3 is 0 Å². The first-order chi connectivity index (χ1) is 16.9. The second kappa shape index (κ2) is 11.3. The Kier molecular flexibility index (Phi) is 8.12.